The minimum Gasteiger partial charge on any atom is -0.464 e. The number of hydrogen-bond acceptors (Lipinski definition) is 3. The zero-order valence-corrected chi connectivity index (χ0v) is 11.6. The molecule has 3 aromatic rings. The van der Waals surface area contributed by atoms with Gasteiger partial charge in [-0.3, -0.25) is 0 Å². The molecular weight excluding hydrogens is 250 g/mol. The molecule has 4 heteroatoms. The van der Waals surface area contributed by atoms with E-state index in [2.05, 4.69) is 16.5 Å². The van der Waals surface area contributed by atoms with Crippen molar-refractivity contribution in [2.75, 3.05) is 0 Å². The van der Waals surface area contributed by atoms with Crippen molar-refractivity contribution < 1.29 is 4.42 Å². The molecule has 1 atom stereocenters. The molecule has 4 nitrogen and oxygen atoms in total. The van der Waals surface area contributed by atoms with Gasteiger partial charge in [0.1, 0.15) is 11.4 Å². The van der Waals surface area contributed by atoms with Crippen LogP contribution < -0.4 is 5.73 Å². The molecule has 1 unspecified atom stereocenters. The van der Waals surface area contributed by atoms with Crippen LogP contribution in [0.15, 0.2) is 47.3 Å². The fourth-order valence-corrected chi connectivity index (χ4v) is 2.57. The van der Waals surface area contributed by atoms with E-state index in [1.54, 1.807) is 6.26 Å². The molecule has 0 bridgehead atoms. The molecule has 0 saturated carbocycles. The number of rotatable bonds is 5. The predicted octanol–water partition coefficient (Wildman–Crippen LogP) is 3.28. The molecule has 0 aliphatic rings. The van der Waals surface area contributed by atoms with Crippen LogP contribution in [0.3, 0.4) is 0 Å². The molecule has 0 radical (unpaired) electrons. The van der Waals surface area contributed by atoms with Crippen LogP contribution in [-0.4, -0.2) is 9.55 Å². The molecule has 0 saturated heterocycles. The largest absolute Gasteiger partial charge is 0.464 e. The number of nitrogens with zero attached hydrogens (tertiary/aromatic N) is 2. The molecular formula is C16H19N3O. The van der Waals surface area contributed by atoms with Crippen molar-refractivity contribution >= 4 is 11.0 Å². The second-order valence-electron chi connectivity index (χ2n) is 5.03. The van der Waals surface area contributed by atoms with Gasteiger partial charge in [-0.05, 0) is 12.5 Å². The predicted molar refractivity (Wildman–Crippen MR) is 79.4 cm³/mol. The number of fused-ring (bicyclic) bond motifs is 1. The Morgan fingerprint density at radius 3 is 3.05 bits per heavy atom. The SMILES string of the molecule is CCCn1ccnc1CC(N)c1coc2ccccc12. The van der Waals surface area contributed by atoms with E-state index in [1.807, 2.05) is 36.7 Å². The molecule has 104 valence electrons. The zero-order valence-electron chi connectivity index (χ0n) is 11.6. The lowest BCUT2D eigenvalue weighted by atomic mass is 10.0. The minimum atomic E-state index is -0.100. The van der Waals surface area contributed by atoms with Gasteiger partial charge in [-0.2, -0.15) is 0 Å². The fraction of sp³-hybridized carbons (Fsp3) is 0.312. The summed E-state index contributed by atoms with van der Waals surface area (Å²) in [6.07, 6.45) is 7.43. The number of furan rings is 1. The van der Waals surface area contributed by atoms with Crippen LogP contribution in [0.5, 0.6) is 0 Å². The van der Waals surface area contributed by atoms with E-state index in [0.29, 0.717) is 0 Å². The highest BCUT2D eigenvalue weighted by Crippen LogP contribution is 2.26. The van der Waals surface area contributed by atoms with Gasteiger partial charge in [0.25, 0.3) is 0 Å². The normalized spacial score (nSPS) is 12.9. The highest BCUT2D eigenvalue weighted by molar-refractivity contribution is 5.81. The second-order valence-corrected chi connectivity index (χ2v) is 5.03. The van der Waals surface area contributed by atoms with Gasteiger partial charge >= 0.3 is 0 Å². The number of benzene rings is 1. The number of para-hydroxylation sites is 1. The summed E-state index contributed by atoms with van der Waals surface area (Å²) in [6, 6.07) is 7.88. The third-order valence-corrected chi connectivity index (χ3v) is 3.58. The summed E-state index contributed by atoms with van der Waals surface area (Å²) in [6.45, 7) is 3.14. The number of aromatic nitrogens is 2. The molecule has 0 aliphatic carbocycles. The summed E-state index contributed by atoms with van der Waals surface area (Å²) in [4.78, 5) is 4.42. The number of nitrogens with two attached hydrogens (primary N) is 1. The third kappa shape index (κ3) is 2.34. The minimum absolute atomic E-state index is 0.100. The van der Waals surface area contributed by atoms with E-state index in [9.17, 15) is 0 Å². The first-order valence-electron chi connectivity index (χ1n) is 7.01. The highest BCUT2D eigenvalue weighted by atomic mass is 16.3. The summed E-state index contributed by atoms with van der Waals surface area (Å²) in [7, 11) is 0. The van der Waals surface area contributed by atoms with Crippen LogP contribution in [0.25, 0.3) is 11.0 Å². The summed E-state index contributed by atoms with van der Waals surface area (Å²) < 4.78 is 7.73. The maximum atomic E-state index is 6.35. The Bertz CT molecular complexity index is 698. The molecule has 1 aromatic carbocycles. The molecule has 3 rings (SSSR count). The Morgan fingerprint density at radius 2 is 2.20 bits per heavy atom. The monoisotopic (exact) mass is 269 g/mol. The Hall–Kier alpha value is -2.07. The molecule has 0 fully saturated rings. The maximum absolute atomic E-state index is 6.35. The van der Waals surface area contributed by atoms with Crippen molar-refractivity contribution in [3.05, 3.63) is 54.3 Å². The molecule has 2 aromatic heterocycles. The fourth-order valence-electron chi connectivity index (χ4n) is 2.57. The molecule has 20 heavy (non-hydrogen) atoms. The number of aryl methyl sites for hydroxylation is 1. The smallest absolute Gasteiger partial charge is 0.134 e. The third-order valence-electron chi connectivity index (χ3n) is 3.58. The van der Waals surface area contributed by atoms with Crippen molar-refractivity contribution in [3.63, 3.8) is 0 Å². The quantitative estimate of drug-likeness (QED) is 0.773. The van der Waals surface area contributed by atoms with E-state index in [4.69, 9.17) is 10.2 Å². The molecule has 0 aliphatic heterocycles. The van der Waals surface area contributed by atoms with Crippen molar-refractivity contribution in [3.8, 4) is 0 Å². The van der Waals surface area contributed by atoms with Gasteiger partial charge in [0.05, 0.1) is 6.26 Å². The Kier molecular flexibility index (Phi) is 3.56. The standard InChI is InChI=1S/C16H19N3O/c1-2-8-19-9-7-18-16(19)10-14(17)13-11-20-15-6-4-3-5-12(13)15/h3-7,9,11,14H,2,8,10,17H2,1H3. The van der Waals surface area contributed by atoms with E-state index in [1.165, 1.54) is 0 Å². The lowest BCUT2D eigenvalue weighted by molar-refractivity contribution is 0.579. The van der Waals surface area contributed by atoms with Gasteiger partial charge in [0, 0.05) is 42.4 Å². The first kappa shape index (κ1) is 12.9. The van der Waals surface area contributed by atoms with Crippen LogP contribution in [-0.2, 0) is 13.0 Å². The summed E-state index contributed by atoms with van der Waals surface area (Å²) >= 11 is 0. The van der Waals surface area contributed by atoms with Crippen molar-refractivity contribution in [1.82, 2.24) is 9.55 Å². The van der Waals surface area contributed by atoms with Crippen LogP contribution in [0.1, 0.15) is 30.8 Å². The summed E-state index contributed by atoms with van der Waals surface area (Å²) in [5, 5.41) is 1.09. The molecule has 0 amide bonds. The first-order valence-corrected chi connectivity index (χ1v) is 7.01. The van der Waals surface area contributed by atoms with Crippen LogP contribution >= 0.6 is 0 Å². The van der Waals surface area contributed by atoms with E-state index >= 15 is 0 Å². The van der Waals surface area contributed by atoms with Crippen LogP contribution in [0.4, 0.5) is 0 Å². The second kappa shape index (κ2) is 5.51. The average molecular weight is 269 g/mol. The molecule has 2 N–H and O–H groups in total. The van der Waals surface area contributed by atoms with Crippen molar-refractivity contribution in [1.29, 1.82) is 0 Å². The van der Waals surface area contributed by atoms with Gasteiger partial charge in [0.2, 0.25) is 0 Å². The lowest BCUT2D eigenvalue weighted by Crippen LogP contribution is -2.16. The first-order chi connectivity index (χ1) is 9.79. The van der Waals surface area contributed by atoms with E-state index in [-0.39, 0.29) is 6.04 Å². The Balaban J connectivity index is 1.85. The molecule has 2 heterocycles. The van der Waals surface area contributed by atoms with Crippen molar-refractivity contribution in [2.45, 2.75) is 32.4 Å². The van der Waals surface area contributed by atoms with Gasteiger partial charge in [-0.1, -0.05) is 25.1 Å². The van der Waals surface area contributed by atoms with Crippen LogP contribution in [0, 0.1) is 0 Å². The number of hydrogen-bond donors (Lipinski definition) is 1. The topological polar surface area (TPSA) is 57.0 Å². The van der Waals surface area contributed by atoms with Gasteiger partial charge in [-0.25, -0.2) is 4.98 Å². The zero-order chi connectivity index (χ0) is 13.9. The lowest BCUT2D eigenvalue weighted by Gasteiger charge is -2.11. The summed E-state index contributed by atoms with van der Waals surface area (Å²) in [5.41, 5.74) is 8.28. The van der Waals surface area contributed by atoms with Gasteiger partial charge in [-0.15, -0.1) is 0 Å². The van der Waals surface area contributed by atoms with Gasteiger partial charge in [0.15, 0.2) is 0 Å². The maximum Gasteiger partial charge on any atom is 0.134 e. The molecule has 0 spiro atoms. The Morgan fingerprint density at radius 1 is 1.35 bits per heavy atom. The van der Waals surface area contributed by atoms with Crippen molar-refractivity contribution in [2.24, 2.45) is 5.73 Å². The Labute approximate surface area is 118 Å². The highest BCUT2D eigenvalue weighted by Gasteiger charge is 2.15. The number of imidazole rings is 1. The van der Waals surface area contributed by atoms with E-state index < -0.39 is 0 Å². The van der Waals surface area contributed by atoms with Gasteiger partial charge < -0.3 is 14.7 Å². The van der Waals surface area contributed by atoms with E-state index in [0.717, 1.165) is 41.7 Å². The average Bonchev–Trinajstić information content (AvgIpc) is 3.06. The summed E-state index contributed by atoms with van der Waals surface area (Å²) in [5.74, 6) is 1.03. The van der Waals surface area contributed by atoms with Crippen LogP contribution in [0.2, 0.25) is 0 Å².